The quantitative estimate of drug-likeness (QED) is 0.939. The lowest BCUT2D eigenvalue weighted by Gasteiger charge is -2.32. The number of benzene rings is 1. The van der Waals surface area contributed by atoms with Gasteiger partial charge < -0.3 is 10.2 Å². The molecule has 1 aromatic heterocycles. The van der Waals surface area contributed by atoms with Crippen molar-refractivity contribution in [1.82, 2.24) is 10.2 Å². The van der Waals surface area contributed by atoms with Gasteiger partial charge in [-0.15, -0.1) is 11.3 Å². The van der Waals surface area contributed by atoms with Crippen LogP contribution in [0.4, 0.5) is 4.39 Å². The van der Waals surface area contributed by atoms with E-state index < -0.39 is 0 Å². The average Bonchev–Trinajstić information content (AvgIpc) is 3.10. The highest BCUT2D eigenvalue weighted by atomic mass is 32.1. The highest BCUT2D eigenvalue weighted by molar-refractivity contribution is 7.12. The molecule has 1 aliphatic rings. The van der Waals surface area contributed by atoms with Crippen molar-refractivity contribution >= 4 is 23.2 Å². The summed E-state index contributed by atoms with van der Waals surface area (Å²) in [6.07, 6.45) is 1.45. The number of halogens is 1. The summed E-state index contributed by atoms with van der Waals surface area (Å²) in [4.78, 5) is 26.9. The van der Waals surface area contributed by atoms with Crippen LogP contribution in [0.5, 0.6) is 0 Å². The van der Waals surface area contributed by atoms with E-state index in [-0.39, 0.29) is 23.7 Å². The third kappa shape index (κ3) is 3.76. The predicted molar refractivity (Wildman–Crippen MR) is 87.1 cm³/mol. The molecule has 0 unspecified atom stereocenters. The molecule has 0 atom stereocenters. The molecular formula is C17H17FN2O2S. The third-order valence-corrected chi connectivity index (χ3v) is 4.81. The third-order valence-electron chi connectivity index (χ3n) is 3.96. The van der Waals surface area contributed by atoms with Crippen LogP contribution in [-0.4, -0.2) is 35.8 Å². The first-order valence-corrected chi connectivity index (χ1v) is 8.40. The van der Waals surface area contributed by atoms with E-state index >= 15 is 0 Å². The maximum Gasteiger partial charge on any atom is 0.263 e. The standard InChI is InChI=1S/C17H17FN2O2S/c18-13-5-3-12(4-6-13)16(21)19-14-7-9-20(10-8-14)17(22)15-2-1-11-23-15/h1-6,11,14H,7-10H2,(H,19,21). The molecule has 1 saturated heterocycles. The van der Waals surface area contributed by atoms with Gasteiger partial charge in [0.2, 0.25) is 0 Å². The van der Waals surface area contributed by atoms with E-state index in [0.717, 1.165) is 17.7 Å². The minimum absolute atomic E-state index is 0.0416. The Morgan fingerprint density at radius 3 is 2.43 bits per heavy atom. The summed E-state index contributed by atoms with van der Waals surface area (Å²) >= 11 is 1.44. The van der Waals surface area contributed by atoms with Crippen LogP contribution in [0.2, 0.25) is 0 Å². The van der Waals surface area contributed by atoms with Crippen LogP contribution < -0.4 is 5.32 Å². The van der Waals surface area contributed by atoms with Gasteiger partial charge in [-0.2, -0.15) is 0 Å². The van der Waals surface area contributed by atoms with Crippen LogP contribution in [0, 0.1) is 5.82 Å². The van der Waals surface area contributed by atoms with Crippen molar-refractivity contribution in [2.75, 3.05) is 13.1 Å². The maximum atomic E-state index is 12.9. The minimum Gasteiger partial charge on any atom is -0.349 e. The van der Waals surface area contributed by atoms with E-state index in [0.29, 0.717) is 18.7 Å². The zero-order chi connectivity index (χ0) is 16.2. The lowest BCUT2D eigenvalue weighted by molar-refractivity contribution is 0.0703. The summed E-state index contributed by atoms with van der Waals surface area (Å²) in [5.41, 5.74) is 0.448. The normalized spacial score (nSPS) is 15.4. The van der Waals surface area contributed by atoms with Crippen molar-refractivity contribution in [2.24, 2.45) is 0 Å². The van der Waals surface area contributed by atoms with E-state index in [1.165, 1.54) is 35.6 Å². The number of hydrogen-bond acceptors (Lipinski definition) is 3. The number of carbonyl (C=O) groups excluding carboxylic acids is 2. The molecular weight excluding hydrogens is 315 g/mol. The Morgan fingerprint density at radius 2 is 1.83 bits per heavy atom. The average molecular weight is 332 g/mol. The highest BCUT2D eigenvalue weighted by Gasteiger charge is 2.25. The van der Waals surface area contributed by atoms with Crippen LogP contribution in [0.3, 0.4) is 0 Å². The summed E-state index contributed by atoms with van der Waals surface area (Å²) in [5.74, 6) is -0.502. The van der Waals surface area contributed by atoms with Gasteiger partial charge in [0.1, 0.15) is 5.82 Å². The number of amides is 2. The Morgan fingerprint density at radius 1 is 1.13 bits per heavy atom. The first-order chi connectivity index (χ1) is 11.1. The Labute approximate surface area is 137 Å². The highest BCUT2D eigenvalue weighted by Crippen LogP contribution is 2.17. The Hall–Kier alpha value is -2.21. The molecule has 4 nitrogen and oxygen atoms in total. The first-order valence-electron chi connectivity index (χ1n) is 7.52. The second-order valence-electron chi connectivity index (χ2n) is 5.52. The minimum atomic E-state index is -0.359. The fourth-order valence-electron chi connectivity index (χ4n) is 2.65. The molecule has 3 rings (SSSR count). The lowest BCUT2D eigenvalue weighted by Crippen LogP contribution is -2.46. The number of carbonyl (C=O) groups is 2. The van der Waals surface area contributed by atoms with Crippen LogP contribution >= 0.6 is 11.3 Å². The summed E-state index contributed by atoms with van der Waals surface area (Å²) in [6, 6.07) is 9.23. The fourth-order valence-corrected chi connectivity index (χ4v) is 3.34. The summed E-state index contributed by atoms with van der Waals surface area (Å²) in [7, 11) is 0. The SMILES string of the molecule is O=C(NC1CCN(C(=O)c2cccs2)CC1)c1ccc(F)cc1. The van der Waals surface area contributed by atoms with E-state index in [2.05, 4.69) is 5.32 Å². The molecule has 1 aromatic carbocycles. The molecule has 1 aliphatic heterocycles. The first kappa shape index (κ1) is 15.7. The van der Waals surface area contributed by atoms with Crippen molar-refractivity contribution in [3.8, 4) is 0 Å². The molecule has 2 heterocycles. The summed E-state index contributed by atoms with van der Waals surface area (Å²) in [5, 5.41) is 4.84. The number of likely N-dealkylation sites (tertiary alicyclic amines) is 1. The Balaban J connectivity index is 1.52. The number of thiophene rings is 1. The van der Waals surface area contributed by atoms with Gasteiger partial charge in [0, 0.05) is 24.7 Å². The molecule has 23 heavy (non-hydrogen) atoms. The molecule has 120 valence electrons. The second-order valence-corrected chi connectivity index (χ2v) is 6.47. The lowest BCUT2D eigenvalue weighted by atomic mass is 10.0. The molecule has 0 spiro atoms. The zero-order valence-electron chi connectivity index (χ0n) is 12.5. The Bertz CT molecular complexity index is 677. The van der Waals surface area contributed by atoms with Gasteiger partial charge in [0.25, 0.3) is 11.8 Å². The molecule has 1 N–H and O–H groups in total. The van der Waals surface area contributed by atoms with Crippen LogP contribution in [0.15, 0.2) is 41.8 Å². The molecule has 0 radical (unpaired) electrons. The van der Waals surface area contributed by atoms with Crippen molar-refractivity contribution in [2.45, 2.75) is 18.9 Å². The monoisotopic (exact) mass is 332 g/mol. The predicted octanol–water partition coefficient (Wildman–Crippen LogP) is 2.92. The van der Waals surface area contributed by atoms with Gasteiger partial charge in [0.05, 0.1) is 4.88 Å². The van der Waals surface area contributed by atoms with Gasteiger partial charge in [-0.3, -0.25) is 9.59 Å². The van der Waals surface area contributed by atoms with E-state index in [1.54, 1.807) is 0 Å². The van der Waals surface area contributed by atoms with E-state index in [9.17, 15) is 14.0 Å². The number of hydrogen-bond donors (Lipinski definition) is 1. The van der Waals surface area contributed by atoms with E-state index in [1.807, 2.05) is 22.4 Å². The number of piperidine rings is 1. The van der Waals surface area contributed by atoms with Crippen LogP contribution in [0.1, 0.15) is 32.9 Å². The molecule has 2 amide bonds. The van der Waals surface area contributed by atoms with Gasteiger partial charge in [-0.05, 0) is 48.6 Å². The van der Waals surface area contributed by atoms with Gasteiger partial charge in [0.15, 0.2) is 0 Å². The van der Waals surface area contributed by atoms with Crippen molar-refractivity contribution in [3.63, 3.8) is 0 Å². The molecule has 6 heteroatoms. The smallest absolute Gasteiger partial charge is 0.263 e. The summed E-state index contributed by atoms with van der Waals surface area (Å²) in [6.45, 7) is 1.26. The number of nitrogens with one attached hydrogen (secondary N) is 1. The van der Waals surface area contributed by atoms with E-state index in [4.69, 9.17) is 0 Å². The fraction of sp³-hybridized carbons (Fsp3) is 0.294. The maximum absolute atomic E-state index is 12.9. The van der Waals surface area contributed by atoms with Gasteiger partial charge in [-0.1, -0.05) is 6.07 Å². The van der Waals surface area contributed by atoms with Crippen LogP contribution in [-0.2, 0) is 0 Å². The molecule has 1 fully saturated rings. The van der Waals surface area contributed by atoms with Crippen LogP contribution in [0.25, 0.3) is 0 Å². The van der Waals surface area contributed by atoms with Gasteiger partial charge in [-0.25, -0.2) is 4.39 Å². The Kier molecular flexibility index (Phi) is 4.71. The van der Waals surface area contributed by atoms with Crippen molar-refractivity contribution < 1.29 is 14.0 Å². The molecule has 0 saturated carbocycles. The molecule has 2 aromatic rings. The number of nitrogens with zero attached hydrogens (tertiary/aromatic N) is 1. The molecule has 0 bridgehead atoms. The second kappa shape index (κ2) is 6.91. The van der Waals surface area contributed by atoms with Gasteiger partial charge >= 0.3 is 0 Å². The number of rotatable bonds is 3. The zero-order valence-corrected chi connectivity index (χ0v) is 13.3. The summed E-state index contributed by atoms with van der Waals surface area (Å²) < 4.78 is 12.9. The largest absolute Gasteiger partial charge is 0.349 e. The van der Waals surface area contributed by atoms with Crippen molar-refractivity contribution in [1.29, 1.82) is 0 Å². The topological polar surface area (TPSA) is 49.4 Å². The van der Waals surface area contributed by atoms with Crippen molar-refractivity contribution in [3.05, 3.63) is 58.0 Å². The molecule has 0 aliphatic carbocycles.